The van der Waals surface area contributed by atoms with E-state index in [0.717, 1.165) is 11.3 Å². The summed E-state index contributed by atoms with van der Waals surface area (Å²) in [4.78, 5) is 4.74. The molecule has 0 atom stereocenters. The van der Waals surface area contributed by atoms with Crippen LogP contribution in [0.25, 0.3) is 0 Å². The van der Waals surface area contributed by atoms with Crippen molar-refractivity contribution in [2.75, 3.05) is 7.11 Å². The second-order valence-electron chi connectivity index (χ2n) is 3.24. The molecule has 0 aliphatic heterocycles. The Morgan fingerprint density at radius 1 is 1.56 bits per heavy atom. The predicted molar refractivity (Wildman–Crippen MR) is 64.8 cm³/mol. The second kappa shape index (κ2) is 5.72. The monoisotopic (exact) mass is 242 g/mol. The lowest BCUT2D eigenvalue weighted by Gasteiger charge is -2.09. The lowest BCUT2D eigenvalue weighted by molar-refractivity contribution is 0.213. The van der Waals surface area contributed by atoms with Gasteiger partial charge in [0.15, 0.2) is 0 Å². The summed E-state index contributed by atoms with van der Waals surface area (Å²) < 4.78 is 0. The maximum Gasteiger partial charge on any atom is 0.138 e. The Bertz CT molecular complexity index is 405. The number of hydrogen-bond donors (Lipinski definition) is 2. The van der Waals surface area contributed by atoms with Crippen molar-refractivity contribution in [2.45, 2.75) is 19.9 Å². The summed E-state index contributed by atoms with van der Waals surface area (Å²) in [5, 5.41) is 13.8. The highest BCUT2D eigenvalue weighted by Gasteiger charge is 2.10. The Morgan fingerprint density at radius 2 is 2.25 bits per heavy atom. The Hall–Kier alpha value is -1.26. The van der Waals surface area contributed by atoms with Crippen LogP contribution in [0.2, 0.25) is 5.02 Å². The molecule has 0 bridgehead atoms. The average molecular weight is 243 g/mol. The van der Waals surface area contributed by atoms with Gasteiger partial charge in [0.1, 0.15) is 12.9 Å². The average Bonchev–Trinajstić information content (AvgIpc) is 2.29. The summed E-state index contributed by atoms with van der Waals surface area (Å²) >= 11 is 5.90. The van der Waals surface area contributed by atoms with E-state index in [-0.39, 0.29) is 17.3 Å². The minimum absolute atomic E-state index is 0.0285. The normalized spacial score (nSPS) is 11.6. The molecule has 0 aromatic heterocycles. The number of benzene rings is 1. The number of hydrogen-bond acceptors (Lipinski definition) is 4. The zero-order valence-electron chi connectivity index (χ0n) is 9.33. The van der Waals surface area contributed by atoms with Crippen molar-refractivity contribution in [3.63, 3.8) is 0 Å². The Balaban J connectivity index is 3.24. The van der Waals surface area contributed by atoms with Crippen molar-refractivity contribution in [1.29, 1.82) is 0 Å². The number of halogens is 1. The van der Waals surface area contributed by atoms with Crippen molar-refractivity contribution in [1.82, 2.24) is 0 Å². The van der Waals surface area contributed by atoms with Crippen LogP contribution in [0.4, 0.5) is 0 Å². The highest BCUT2D eigenvalue weighted by Crippen LogP contribution is 2.29. The van der Waals surface area contributed by atoms with Crippen LogP contribution in [0, 0.1) is 0 Å². The fourth-order valence-electron chi connectivity index (χ4n) is 1.41. The summed E-state index contributed by atoms with van der Waals surface area (Å²) in [5.74, 6) is 0.0285. The number of oxime groups is 1. The summed E-state index contributed by atoms with van der Waals surface area (Å²) in [7, 11) is 1.49. The summed E-state index contributed by atoms with van der Waals surface area (Å²) in [6.45, 7) is 2.18. The number of phenolic OH excluding ortho intramolecular Hbond substituents is 1. The van der Waals surface area contributed by atoms with E-state index in [9.17, 15) is 5.11 Å². The van der Waals surface area contributed by atoms with E-state index in [4.69, 9.17) is 22.2 Å². The number of nitrogens with zero attached hydrogens (tertiary/aromatic N) is 1. The van der Waals surface area contributed by atoms with Crippen molar-refractivity contribution in [2.24, 2.45) is 10.9 Å². The number of rotatable bonds is 4. The summed E-state index contributed by atoms with van der Waals surface area (Å²) in [5.41, 5.74) is 7.69. The van der Waals surface area contributed by atoms with Gasteiger partial charge in [-0.25, -0.2) is 0 Å². The molecule has 16 heavy (non-hydrogen) atoms. The maximum atomic E-state index is 9.62. The van der Waals surface area contributed by atoms with Gasteiger partial charge in [0.05, 0.1) is 10.7 Å². The zero-order chi connectivity index (χ0) is 12.1. The molecule has 0 amide bonds. The number of aromatic hydroxyl groups is 1. The van der Waals surface area contributed by atoms with Gasteiger partial charge in [0.2, 0.25) is 0 Å². The lowest BCUT2D eigenvalue weighted by Crippen LogP contribution is -2.04. The summed E-state index contributed by atoms with van der Waals surface area (Å²) in [6, 6.07) is 3.42. The van der Waals surface area contributed by atoms with E-state index < -0.39 is 0 Å². The molecule has 0 fully saturated rings. The predicted octanol–water partition coefficient (Wildman–Crippen LogP) is 2.26. The first-order chi connectivity index (χ1) is 7.63. The second-order valence-corrected chi connectivity index (χ2v) is 3.65. The highest BCUT2D eigenvalue weighted by atomic mass is 35.5. The topological polar surface area (TPSA) is 67.8 Å². The van der Waals surface area contributed by atoms with Gasteiger partial charge in [-0.05, 0) is 18.6 Å². The maximum absolute atomic E-state index is 9.62. The standard InChI is InChI=1S/C11H15ClN2O2/c1-3-10(14-16-2)7-4-8(6-13)11(15)9(12)5-7/h4-5,15H,3,6,13H2,1-2H3. The van der Waals surface area contributed by atoms with E-state index >= 15 is 0 Å². The van der Waals surface area contributed by atoms with Gasteiger partial charge in [-0.3, -0.25) is 0 Å². The van der Waals surface area contributed by atoms with E-state index in [0.29, 0.717) is 12.0 Å². The van der Waals surface area contributed by atoms with Crippen molar-refractivity contribution >= 4 is 17.3 Å². The molecule has 88 valence electrons. The van der Waals surface area contributed by atoms with Crippen molar-refractivity contribution in [3.8, 4) is 5.75 Å². The molecule has 0 spiro atoms. The molecule has 0 saturated heterocycles. The molecule has 0 heterocycles. The first-order valence-corrected chi connectivity index (χ1v) is 5.33. The minimum Gasteiger partial charge on any atom is -0.506 e. The van der Waals surface area contributed by atoms with Crippen LogP contribution in [0.1, 0.15) is 24.5 Å². The first kappa shape index (κ1) is 12.8. The van der Waals surface area contributed by atoms with Gasteiger partial charge in [0.25, 0.3) is 0 Å². The molecular weight excluding hydrogens is 228 g/mol. The SMILES string of the molecule is CCC(=NOC)c1cc(Cl)c(O)c(CN)c1. The van der Waals surface area contributed by atoms with Gasteiger partial charge < -0.3 is 15.7 Å². The third-order valence-electron chi connectivity index (χ3n) is 2.23. The first-order valence-electron chi connectivity index (χ1n) is 4.95. The van der Waals surface area contributed by atoms with Crippen LogP contribution in [0.3, 0.4) is 0 Å². The number of phenols is 1. The molecule has 4 nitrogen and oxygen atoms in total. The Kier molecular flexibility index (Phi) is 4.58. The Labute approximate surface area is 99.7 Å². The van der Waals surface area contributed by atoms with Gasteiger partial charge in [-0.1, -0.05) is 23.7 Å². The quantitative estimate of drug-likeness (QED) is 0.629. The van der Waals surface area contributed by atoms with Gasteiger partial charge in [-0.15, -0.1) is 0 Å². The van der Waals surface area contributed by atoms with Crippen LogP contribution in [-0.4, -0.2) is 17.9 Å². The van der Waals surface area contributed by atoms with Crippen LogP contribution < -0.4 is 5.73 Å². The third kappa shape index (κ3) is 2.65. The molecule has 0 aliphatic rings. The van der Waals surface area contributed by atoms with Gasteiger partial charge >= 0.3 is 0 Å². The van der Waals surface area contributed by atoms with Crippen LogP contribution in [-0.2, 0) is 11.4 Å². The molecule has 0 saturated carbocycles. The van der Waals surface area contributed by atoms with E-state index in [1.807, 2.05) is 6.92 Å². The largest absolute Gasteiger partial charge is 0.506 e. The van der Waals surface area contributed by atoms with E-state index in [1.54, 1.807) is 12.1 Å². The zero-order valence-corrected chi connectivity index (χ0v) is 10.1. The lowest BCUT2D eigenvalue weighted by atomic mass is 10.0. The fourth-order valence-corrected chi connectivity index (χ4v) is 1.65. The van der Waals surface area contributed by atoms with E-state index in [2.05, 4.69) is 5.16 Å². The molecule has 1 aromatic rings. The van der Waals surface area contributed by atoms with Crippen LogP contribution >= 0.6 is 11.6 Å². The molecule has 0 aliphatic carbocycles. The molecule has 5 heteroatoms. The molecule has 0 radical (unpaired) electrons. The molecule has 3 N–H and O–H groups in total. The molecule has 1 aromatic carbocycles. The van der Waals surface area contributed by atoms with Gasteiger partial charge in [0, 0.05) is 17.7 Å². The molecule has 1 rings (SSSR count). The van der Waals surface area contributed by atoms with Gasteiger partial charge in [-0.2, -0.15) is 0 Å². The smallest absolute Gasteiger partial charge is 0.138 e. The third-order valence-corrected chi connectivity index (χ3v) is 2.52. The summed E-state index contributed by atoms with van der Waals surface area (Å²) in [6.07, 6.45) is 0.707. The molecule has 0 unspecified atom stereocenters. The Morgan fingerprint density at radius 3 is 2.75 bits per heavy atom. The van der Waals surface area contributed by atoms with Crippen molar-refractivity contribution < 1.29 is 9.94 Å². The highest BCUT2D eigenvalue weighted by molar-refractivity contribution is 6.32. The van der Waals surface area contributed by atoms with Crippen LogP contribution in [0.5, 0.6) is 5.75 Å². The van der Waals surface area contributed by atoms with Crippen LogP contribution in [0.15, 0.2) is 17.3 Å². The minimum atomic E-state index is 0.0285. The molecular formula is C11H15ClN2O2. The van der Waals surface area contributed by atoms with E-state index in [1.165, 1.54) is 7.11 Å². The van der Waals surface area contributed by atoms with Crippen molar-refractivity contribution in [3.05, 3.63) is 28.3 Å². The fraction of sp³-hybridized carbons (Fsp3) is 0.364. The number of nitrogens with two attached hydrogens (primary N) is 1.